The zero-order valence-corrected chi connectivity index (χ0v) is 10.1. The van der Waals surface area contributed by atoms with Crippen molar-refractivity contribution in [2.45, 2.75) is 43.8 Å². The first-order valence-electron chi connectivity index (χ1n) is 6.42. The summed E-state index contributed by atoms with van der Waals surface area (Å²) in [4.78, 5) is 2.27. The highest BCUT2D eigenvalue weighted by Crippen LogP contribution is 2.39. The van der Waals surface area contributed by atoms with E-state index in [9.17, 15) is 4.39 Å². The number of anilines is 1. The van der Waals surface area contributed by atoms with Crippen LogP contribution in [0.4, 0.5) is 10.1 Å². The summed E-state index contributed by atoms with van der Waals surface area (Å²) >= 11 is 0. The van der Waals surface area contributed by atoms with Gasteiger partial charge in [-0.3, -0.25) is 0 Å². The summed E-state index contributed by atoms with van der Waals surface area (Å²) < 4.78 is 13.5. The maximum atomic E-state index is 13.5. The molecule has 2 N–H and O–H groups in total. The number of fused-ring (bicyclic) bond motifs is 2. The van der Waals surface area contributed by atoms with Gasteiger partial charge in [0.1, 0.15) is 5.82 Å². The number of benzene rings is 1. The third-order valence-electron chi connectivity index (χ3n) is 4.08. The molecule has 2 unspecified atom stereocenters. The summed E-state index contributed by atoms with van der Waals surface area (Å²) in [5, 5.41) is 8.92. The molecule has 0 aromatic heterocycles. The van der Waals surface area contributed by atoms with E-state index in [2.05, 4.69) is 4.90 Å². The van der Waals surface area contributed by atoms with Crippen LogP contribution >= 0.6 is 0 Å². The Morgan fingerprint density at radius 1 is 1.22 bits per heavy atom. The molecule has 0 spiro atoms. The molecule has 2 heterocycles. The molecule has 94 valence electrons. The van der Waals surface area contributed by atoms with Crippen molar-refractivity contribution in [2.75, 3.05) is 4.90 Å². The minimum Gasteiger partial charge on any atom is -0.365 e. The highest BCUT2D eigenvalue weighted by Gasteiger charge is 2.39. The predicted octanol–water partition coefficient (Wildman–Crippen LogP) is 2.16. The van der Waals surface area contributed by atoms with Gasteiger partial charge in [-0.1, -0.05) is 0 Å². The van der Waals surface area contributed by atoms with E-state index in [1.54, 1.807) is 6.07 Å². The second kappa shape index (κ2) is 4.25. The fourth-order valence-electron chi connectivity index (χ4n) is 3.43. The van der Waals surface area contributed by atoms with Gasteiger partial charge in [0.15, 0.2) is 0 Å². The molecule has 1 aromatic rings. The Morgan fingerprint density at radius 3 is 2.50 bits per heavy atom. The summed E-state index contributed by atoms with van der Waals surface area (Å²) in [6, 6.07) is 7.69. The molecule has 2 aliphatic heterocycles. The molecule has 0 amide bonds. The standard InChI is InChI=1S/C14H16FN3/c15-10-3-9(8-16)4-14(5-10)18-12-1-2-13(18)7-11(17)6-12/h3-5,11-13H,1-2,6-7,17H2. The molecule has 2 fully saturated rings. The molecule has 2 saturated heterocycles. The van der Waals surface area contributed by atoms with Crippen molar-refractivity contribution in [1.29, 1.82) is 5.26 Å². The largest absolute Gasteiger partial charge is 0.365 e. The summed E-state index contributed by atoms with van der Waals surface area (Å²) in [6.07, 6.45) is 4.18. The second-order valence-corrected chi connectivity index (χ2v) is 5.33. The quantitative estimate of drug-likeness (QED) is 0.824. The van der Waals surface area contributed by atoms with Crippen LogP contribution in [0.3, 0.4) is 0 Å². The number of nitrogens with zero attached hydrogens (tertiary/aromatic N) is 2. The highest BCUT2D eigenvalue weighted by molar-refractivity contribution is 5.55. The van der Waals surface area contributed by atoms with Crippen LogP contribution in [0.5, 0.6) is 0 Å². The summed E-state index contributed by atoms with van der Waals surface area (Å²) in [5.41, 5.74) is 7.26. The van der Waals surface area contributed by atoms with Gasteiger partial charge in [-0.15, -0.1) is 0 Å². The van der Waals surface area contributed by atoms with Crippen molar-refractivity contribution < 1.29 is 4.39 Å². The van der Waals surface area contributed by atoms with Gasteiger partial charge in [-0.05, 0) is 43.9 Å². The van der Waals surface area contributed by atoms with E-state index in [0.29, 0.717) is 17.6 Å². The molecule has 0 saturated carbocycles. The SMILES string of the molecule is N#Cc1cc(F)cc(N2C3CCC2CC(N)C3)c1. The van der Waals surface area contributed by atoms with E-state index in [4.69, 9.17) is 11.0 Å². The fraction of sp³-hybridized carbons (Fsp3) is 0.500. The van der Waals surface area contributed by atoms with Gasteiger partial charge in [-0.25, -0.2) is 4.39 Å². The van der Waals surface area contributed by atoms with Crippen LogP contribution in [-0.4, -0.2) is 18.1 Å². The number of piperidine rings is 1. The van der Waals surface area contributed by atoms with E-state index in [1.807, 2.05) is 6.07 Å². The van der Waals surface area contributed by atoms with Crippen LogP contribution in [0.2, 0.25) is 0 Å². The Balaban J connectivity index is 1.96. The zero-order chi connectivity index (χ0) is 12.7. The first kappa shape index (κ1) is 11.5. The van der Waals surface area contributed by atoms with Gasteiger partial charge in [0, 0.05) is 23.8 Å². The number of hydrogen-bond donors (Lipinski definition) is 1. The molecular weight excluding hydrogens is 229 g/mol. The molecule has 2 aliphatic rings. The zero-order valence-electron chi connectivity index (χ0n) is 10.1. The minimum atomic E-state index is -0.335. The number of nitriles is 1. The first-order valence-corrected chi connectivity index (χ1v) is 6.42. The van der Waals surface area contributed by atoms with Gasteiger partial charge in [0.05, 0.1) is 11.6 Å². The van der Waals surface area contributed by atoms with Crippen molar-refractivity contribution in [1.82, 2.24) is 0 Å². The summed E-state index contributed by atoms with van der Waals surface area (Å²) in [6.45, 7) is 0. The van der Waals surface area contributed by atoms with Crippen molar-refractivity contribution in [2.24, 2.45) is 5.73 Å². The minimum absolute atomic E-state index is 0.266. The maximum Gasteiger partial charge on any atom is 0.126 e. The van der Waals surface area contributed by atoms with E-state index >= 15 is 0 Å². The van der Waals surface area contributed by atoms with E-state index in [-0.39, 0.29) is 11.9 Å². The third-order valence-corrected chi connectivity index (χ3v) is 4.08. The molecule has 0 radical (unpaired) electrons. The average molecular weight is 245 g/mol. The molecule has 4 heteroatoms. The van der Waals surface area contributed by atoms with Crippen LogP contribution in [0, 0.1) is 17.1 Å². The predicted molar refractivity (Wildman–Crippen MR) is 67.6 cm³/mol. The van der Waals surface area contributed by atoms with Crippen molar-refractivity contribution in [3.05, 3.63) is 29.6 Å². The summed E-state index contributed by atoms with van der Waals surface area (Å²) in [7, 11) is 0. The van der Waals surface area contributed by atoms with Crippen molar-refractivity contribution >= 4 is 5.69 Å². The Labute approximate surface area is 106 Å². The smallest absolute Gasteiger partial charge is 0.126 e. The monoisotopic (exact) mass is 245 g/mol. The van der Waals surface area contributed by atoms with Crippen LogP contribution in [0.15, 0.2) is 18.2 Å². The van der Waals surface area contributed by atoms with Crippen LogP contribution in [-0.2, 0) is 0 Å². The van der Waals surface area contributed by atoms with Gasteiger partial charge >= 0.3 is 0 Å². The number of halogens is 1. The van der Waals surface area contributed by atoms with Crippen LogP contribution < -0.4 is 10.6 Å². The first-order chi connectivity index (χ1) is 8.67. The molecule has 2 atom stereocenters. The molecule has 18 heavy (non-hydrogen) atoms. The average Bonchev–Trinajstić information content (AvgIpc) is 2.61. The van der Waals surface area contributed by atoms with E-state index in [1.165, 1.54) is 12.1 Å². The van der Waals surface area contributed by atoms with Gasteiger partial charge in [0.25, 0.3) is 0 Å². The molecule has 0 aliphatic carbocycles. The lowest BCUT2D eigenvalue weighted by Crippen LogP contribution is -2.47. The lowest BCUT2D eigenvalue weighted by molar-refractivity contribution is 0.414. The Kier molecular flexibility index (Phi) is 2.71. The molecule has 3 rings (SSSR count). The van der Waals surface area contributed by atoms with E-state index in [0.717, 1.165) is 31.4 Å². The highest BCUT2D eigenvalue weighted by atomic mass is 19.1. The normalized spacial score (nSPS) is 30.3. The van der Waals surface area contributed by atoms with E-state index < -0.39 is 0 Å². The summed E-state index contributed by atoms with van der Waals surface area (Å²) in [5.74, 6) is -0.335. The Bertz CT molecular complexity index is 494. The van der Waals surface area contributed by atoms with Crippen LogP contribution in [0.25, 0.3) is 0 Å². The fourth-order valence-corrected chi connectivity index (χ4v) is 3.43. The number of hydrogen-bond acceptors (Lipinski definition) is 3. The van der Waals surface area contributed by atoms with Gasteiger partial charge in [0.2, 0.25) is 0 Å². The van der Waals surface area contributed by atoms with Crippen molar-refractivity contribution in [3.8, 4) is 6.07 Å². The van der Waals surface area contributed by atoms with Gasteiger partial charge < -0.3 is 10.6 Å². The number of nitrogens with two attached hydrogens (primary N) is 1. The maximum absolute atomic E-state index is 13.5. The lowest BCUT2D eigenvalue weighted by Gasteiger charge is -2.39. The van der Waals surface area contributed by atoms with Gasteiger partial charge in [-0.2, -0.15) is 5.26 Å². The Hall–Kier alpha value is -1.60. The Morgan fingerprint density at radius 2 is 1.89 bits per heavy atom. The molecule has 1 aromatic carbocycles. The van der Waals surface area contributed by atoms with Crippen molar-refractivity contribution in [3.63, 3.8) is 0 Å². The third kappa shape index (κ3) is 1.85. The molecule has 2 bridgehead atoms. The number of rotatable bonds is 1. The topological polar surface area (TPSA) is 53.0 Å². The second-order valence-electron chi connectivity index (χ2n) is 5.33. The lowest BCUT2D eigenvalue weighted by atomic mass is 9.97. The molecular formula is C14H16FN3. The van der Waals surface area contributed by atoms with Crippen LogP contribution in [0.1, 0.15) is 31.2 Å². The molecule has 3 nitrogen and oxygen atoms in total.